The quantitative estimate of drug-likeness (QED) is 0.527. The van der Waals surface area contributed by atoms with E-state index in [2.05, 4.69) is 12.1 Å². The molecule has 5 nitrogen and oxygen atoms in total. The Hall–Kier alpha value is -2.86. The molecule has 0 radical (unpaired) electrons. The van der Waals surface area contributed by atoms with Crippen LogP contribution in [-0.2, 0) is 15.1 Å². The van der Waals surface area contributed by atoms with Crippen LogP contribution in [0.5, 0.6) is 11.5 Å². The van der Waals surface area contributed by atoms with Crippen LogP contribution < -0.4 is 9.47 Å². The molecule has 0 aromatic heterocycles. The normalized spacial score (nSPS) is 20.8. The Bertz CT molecular complexity index is 937. The first kappa shape index (κ1) is 22.3. The van der Waals surface area contributed by atoms with Gasteiger partial charge in [-0.2, -0.15) is 0 Å². The maximum Gasteiger partial charge on any atom is 0.143 e. The molecule has 0 amide bonds. The van der Waals surface area contributed by atoms with Gasteiger partial charge in [0.25, 0.3) is 0 Å². The van der Waals surface area contributed by atoms with Crippen molar-refractivity contribution in [2.75, 3.05) is 20.8 Å². The molecule has 1 aliphatic rings. The van der Waals surface area contributed by atoms with Crippen LogP contribution in [0, 0.1) is 0 Å². The summed E-state index contributed by atoms with van der Waals surface area (Å²) in [5.41, 5.74) is 1.98. The number of aliphatic hydroxyl groups is 1. The molecule has 168 valence electrons. The zero-order valence-corrected chi connectivity index (χ0v) is 18.7. The van der Waals surface area contributed by atoms with Crippen molar-refractivity contribution in [2.45, 2.75) is 37.3 Å². The van der Waals surface area contributed by atoms with Gasteiger partial charge in [-0.25, -0.2) is 0 Å². The Morgan fingerprint density at radius 3 is 1.75 bits per heavy atom. The summed E-state index contributed by atoms with van der Waals surface area (Å²) in [6.07, 6.45) is -0.321. The first-order chi connectivity index (χ1) is 15.6. The minimum atomic E-state index is -0.908. The number of ether oxygens (including phenoxy) is 4. The fourth-order valence-electron chi connectivity index (χ4n) is 4.37. The standard InChI is InChI=1S/C27H30O5/c1-19-17-25(28)26(32-19)18-31-27(20-7-5-4-6-8-20,21-9-13-23(29-2)14-10-21)22-11-15-24(30-3)16-12-22/h4-16,19,25-26,28H,17-18H2,1-3H3/t19-,25+,26+/m0/s1. The zero-order valence-electron chi connectivity index (χ0n) is 18.7. The molecule has 0 bridgehead atoms. The summed E-state index contributed by atoms with van der Waals surface area (Å²) in [7, 11) is 3.30. The second-order valence-corrected chi connectivity index (χ2v) is 8.10. The molecule has 3 atom stereocenters. The third-order valence-electron chi connectivity index (χ3n) is 6.05. The maximum atomic E-state index is 10.5. The molecule has 32 heavy (non-hydrogen) atoms. The zero-order chi connectivity index (χ0) is 22.6. The second-order valence-electron chi connectivity index (χ2n) is 8.10. The molecule has 1 aliphatic heterocycles. The van der Waals surface area contributed by atoms with Crippen LogP contribution in [0.25, 0.3) is 0 Å². The molecule has 0 aliphatic carbocycles. The first-order valence-electron chi connectivity index (χ1n) is 10.9. The molecular weight excluding hydrogens is 404 g/mol. The minimum Gasteiger partial charge on any atom is -0.497 e. The molecule has 0 spiro atoms. The monoisotopic (exact) mass is 434 g/mol. The van der Waals surface area contributed by atoms with Crippen LogP contribution in [0.2, 0.25) is 0 Å². The predicted molar refractivity (Wildman–Crippen MR) is 123 cm³/mol. The van der Waals surface area contributed by atoms with Crippen molar-refractivity contribution in [3.8, 4) is 11.5 Å². The summed E-state index contributed by atoms with van der Waals surface area (Å²) in [6.45, 7) is 2.22. The molecule has 0 unspecified atom stereocenters. The smallest absolute Gasteiger partial charge is 0.143 e. The Labute approximate surface area is 189 Å². The number of benzene rings is 3. The predicted octanol–water partition coefficient (Wildman–Crippen LogP) is 4.55. The van der Waals surface area contributed by atoms with E-state index in [0.717, 1.165) is 28.2 Å². The van der Waals surface area contributed by atoms with E-state index in [1.807, 2.05) is 73.7 Å². The van der Waals surface area contributed by atoms with E-state index in [4.69, 9.17) is 18.9 Å². The Morgan fingerprint density at radius 2 is 1.31 bits per heavy atom. The topological polar surface area (TPSA) is 57.2 Å². The number of hydrogen-bond donors (Lipinski definition) is 1. The number of rotatable bonds is 8. The summed E-state index contributed by atoms with van der Waals surface area (Å²) < 4.78 is 23.5. The van der Waals surface area contributed by atoms with E-state index in [-0.39, 0.29) is 18.8 Å². The van der Waals surface area contributed by atoms with E-state index < -0.39 is 11.7 Å². The lowest BCUT2D eigenvalue weighted by molar-refractivity contribution is -0.0799. The molecule has 1 N–H and O–H groups in total. The van der Waals surface area contributed by atoms with Gasteiger partial charge in [0.2, 0.25) is 0 Å². The van der Waals surface area contributed by atoms with Gasteiger partial charge in [0.15, 0.2) is 0 Å². The average Bonchev–Trinajstić information content (AvgIpc) is 3.17. The van der Waals surface area contributed by atoms with Gasteiger partial charge >= 0.3 is 0 Å². The van der Waals surface area contributed by atoms with Crippen molar-refractivity contribution in [1.29, 1.82) is 0 Å². The van der Waals surface area contributed by atoms with Crippen molar-refractivity contribution in [2.24, 2.45) is 0 Å². The largest absolute Gasteiger partial charge is 0.497 e. The summed E-state index contributed by atoms with van der Waals surface area (Å²) in [5, 5.41) is 10.5. The van der Waals surface area contributed by atoms with Crippen LogP contribution in [-0.4, -0.2) is 44.2 Å². The summed E-state index contributed by atoms with van der Waals surface area (Å²) >= 11 is 0. The van der Waals surface area contributed by atoms with Gasteiger partial charge in [0.1, 0.15) is 23.2 Å². The number of hydrogen-bond acceptors (Lipinski definition) is 5. The van der Waals surface area contributed by atoms with Crippen molar-refractivity contribution >= 4 is 0 Å². The minimum absolute atomic E-state index is 0.00620. The van der Waals surface area contributed by atoms with Gasteiger partial charge in [-0.1, -0.05) is 54.6 Å². The van der Waals surface area contributed by atoms with E-state index in [9.17, 15) is 5.11 Å². The molecule has 3 aromatic carbocycles. The fourth-order valence-corrected chi connectivity index (χ4v) is 4.37. The lowest BCUT2D eigenvalue weighted by atomic mass is 9.80. The van der Waals surface area contributed by atoms with E-state index in [1.165, 1.54) is 0 Å². The summed E-state index contributed by atoms with van der Waals surface area (Å²) in [4.78, 5) is 0. The summed E-state index contributed by atoms with van der Waals surface area (Å²) in [6, 6.07) is 25.9. The molecule has 0 saturated carbocycles. The lowest BCUT2D eigenvalue weighted by Gasteiger charge is -2.37. The van der Waals surface area contributed by atoms with E-state index >= 15 is 0 Å². The molecular formula is C27H30O5. The van der Waals surface area contributed by atoms with Gasteiger partial charge in [-0.15, -0.1) is 0 Å². The van der Waals surface area contributed by atoms with Gasteiger partial charge in [0, 0.05) is 6.42 Å². The Kier molecular flexibility index (Phi) is 6.80. The lowest BCUT2D eigenvalue weighted by Crippen LogP contribution is -2.38. The fraction of sp³-hybridized carbons (Fsp3) is 0.333. The molecule has 5 heteroatoms. The maximum absolute atomic E-state index is 10.5. The molecule has 3 aromatic rings. The van der Waals surface area contributed by atoms with E-state index in [0.29, 0.717) is 6.42 Å². The number of aliphatic hydroxyl groups excluding tert-OH is 1. The van der Waals surface area contributed by atoms with Gasteiger partial charge < -0.3 is 24.1 Å². The van der Waals surface area contributed by atoms with E-state index in [1.54, 1.807) is 14.2 Å². The van der Waals surface area contributed by atoms with Crippen molar-refractivity contribution in [3.63, 3.8) is 0 Å². The first-order valence-corrected chi connectivity index (χ1v) is 10.9. The van der Waals surface area contributed by atoms with Gasteiger partial charge in [0.05, 0.1) is 33.0 Å². The Balaban J connectivity index is 1.84. The molecule has 4 rings (SSSR count). The van der Waals surface area contributed by atoms with Crippen LogP contribution in [0.3, 0.4) is 0 Å². The highest BCUT2D eigenvalue weighted by Gasteiger charge is 2.40. The van der Waals surface area contributed by atoms with Crippen LogP contribution in [0.1, 0.15) is 30.0 Å². The summed E-state index contributed by atoms with van der Waals surface area (Å²) in [5.74, 6) is 1.54. The highest BCUT2D eigenvalue weighted by molar-refractivity contribution is 5.49. The van der Waals surface area contributed by atoms with Crippen LogP contribution in [0.4, 0.5) is 0 Å². The molecule has 1 saturated heterocycles. The highest BCUT2D eigenvalue weighted by Crippen LogP contribution is 2.42. The van der Waals surface area contributed by atoms with Gasteiger partial charge in [-0.05, 0) is 47.9 Å². The highest BCUT2D eigenvalue weighted by atomic mass is 16.6. The molecule has 1 heterocycles. The SMILES string of the molecule is COc1ccc(C(OC[C@H]2O[C@@H](C)C[C@H]2O)(c2ccccc2)c2ccc(OC)cc2)cc1. The van der Waals surface area contributed by atoms with Gasteiger partial charge in [-0.3, -0.25) is 0 Å². The Morgan fingerprint density at radius 1 is 0.812 bits per heavy atom. The van der Waals surface area contributed by atoms with Crippen molar-refractivity contribution < 1.29 is 24.1 Å². The molecule has 1 fully saturated rings. The van der Waals surface area contributed by atoms with Crippen LogP contribution >= 0.6 is 0 Å². The number of methoxy groups -OCH3 is 2. The van der Waals surface area contributed by atoms with Crippen LogP contribution in [0.15, 0.2) is 78.9 Å². The average molecular weight is 435 g/mol. The second kappa shape index (κ2) is 9.74. The third kappa shape index (κ3) is 4.37. The van der Waals surface area contributed by atoms with Crippen molar-refractivity contribution in [3.05, 3.63) is 95.6 Å². The third-order valence-corrected chi connectivity index (χ3v) is 6.05. The van der Waals surface area contributed by atoms with Crippen molar-refractivity contribution in [1.82, 2.24) is 0 Å².